The number of rotatable bonds is 3. The molecule has 0 amide bonds. The van der Waals surface area contributed by atoms with E-state index >= 15 is 0 Å². The third-order valence-corrected chi connectivity index (χ3v) is 2.06. The Balaban J connectivity index is 0.00000256. The summed E-state index contributed by atoms with van der Waals surface area (Å²) in [6, 6.07) is 2.88. The molecule has 0 radical (unpaired) electrons. The maximum atomic E-state index is 13.5. The van der Waals surface area contributed by atoms with Crippen LogP contribution in [-0.2, 0) is 0 Å². The van der Waals surface area contributed by atoms with Crippen molar-refractivity contribution in [2.45, 2.75) is 25.7 Å². The first-order chi connectivity index (χ1) is 7.35. The quantitative estimate of drug-likeness (QED) is 0.855. The normalized spacial score (nSPS) is 12.8. The van der Waals surface area contributed by atoms with Crippen LogP contribution in [0.4, 0.5) is 17.6 Å². The van der Waals surface area contributed by atoms with Gasteiger partial charge in [-0.2, -0.15) is 0 Å². The average Bonchev–Trinajstić information content (AvgIpc) is 2.18. The topological polar surface area (TPSA) is 35.2 Å². The smallest absolute Gasteiger partial charge is 0.403 e. The predicted molar refractivity (Wildman–Crippen MR) is 57.6 cm³/mol. The summed E-state index contributed by atoms with van der Waals surface area (Å²) in [5.74, 6) is -1.91. The second-order valence-corrected chi connectivity index (χ2v) is 3.22. The van der Waals surface area contributed by atoms with Crippen LogP contribution in [0.5, 0.6) is 5.75 Å². The monoisotopic (exact) mass is 273 g/mol. The molecule has 1 unspecified atom stereocenters. The minimum Gasteiger partial charge on any atom is -0.403 e. The van der Waals surface area contributed by atoms with E-state index in [4.69, 9.17) is 5.73 Å². The molecule has 1 aromatic carbocycles. The minimum atomic E-state index is -4.91. The number of alkyl halides is 3. The van der Waals surface area contributed by atoms with Crippen LogP contribution in [0.2, 0.25) is 0 Å². The first kappa shape index (κ1) is 16.0. The first-order valence-corrected chi connectivity index (χ1v) is 4.65. The molecule has 7 heteroatoms. The van der Waals surface area contributed by atoms with Gasteiger partial charge in [0, 0.05) is 11.6 Å². The maximum absolute atomic E-state index is 13.5. The zero-order valence-electron chi connectivity index (χ0n) is 8.92. The van der Waals surface area contributed by atoms with Crippen LogP contribution in [-0.4, -0.2) is 6.36 Å². The Morgan fingerprint density at radius 1 is 1.35 bits per heavy atom. The van der Waals surface area contributed by atoms with Gasteiger partial charge < -0.3 is 10.5 Å². The molecule has 0 saturated carbocycles. The Bertz CT molecular complexity index is 370. The highest BCUT2D eigenvalue weighted by atomic mass is 35.5. The number of halogens is 5. The second kappa shape index (κ2) is 6.07. The SMILES string of the molecule is CCC(N)c1cccc(OC(F)(F)F)c1F.Cl. The molecule has 0 heterocycles. The molecule has 0 bridgehead atoms. The van der Waals surface area contributed by atoms with E-state index in [1.165, 1.54) is 12.1 Å². The number of hydrogen-bond donors (Lipinski definition) is 1. The first-order valence-electron chi connectivity index (χ1n) is 4.65. The highest BCUT2D eigenvalue weighted by Crippen LogP contribution is 2.29. The third kappa shape index (κ3) is 4.40. The fourth-order valence-corrected chi connectivity index (χ4v) is 1.24. The van der Waals surface area contributed by atoms with Gasteiger partial charge in [0.15, 0.2) is 11.6 Å². The van der Waals surface area contributed by atoms with Crippen molar-refractivity contribution in [3.8, 4) is 5.75 Å². The number of nitrogens with two attached hydrogens (primary N) is 1. The van der Waals surface area contributed by atoms with Crippen LogP contribution in [0.15, 0.2) is 18.2 Å². The summed E-state index contributed by atoms with van der Waals surface area (Å²) >= 11 is 0. The summed E-state index contributed by atoms with van der Waals surface area (Å²) in [5, 5.41) is 0. The Kier molecular flexibility index (Phi) is 5.71. The van der Waals surface area contributed by atoms with Crippen molar-refractivity contribution in [3.63, 3.8) is 0 Å². The fraction of sp³-hybridized carbons (Fsp3) is 0.400. The largest absolute Gasteiger partial charge is 0.573 e. The molecular weight excluding hydrogens is 262 g/mol. The molecule has 0 aliphatic carbocycles. The fourth-order valence-electron chi connectivity index (χ4n) is 1.24. The van der Waals surface area contributed by atoms with Gasteiger partial charge in [-0.05, 0) is 12.5 Å². The van der Waals surface area contributed by atoms with E-state index in [2.05, 4.69) is 4.74 Å². The number of ether oxygens (including phenoxy) is 1. The van der Waals surface area contributed by atoms with Gasteiger partial charge in [-0.3, -0.25) is 0 Å². The van der Waals surface area contributed by atoms with Gasteiger partial charge >= 0.3 is 6.36 Å². The van der Waals surface area contributed by atoms with Gasteiger partial charge in [-0.25, -0.2) is 4.39 Å². The van der Waals surface area contributed by atoms with Crippen molar-refractivity contribution < 1.29 is 22.3 Å². The highest BCUT2D eigenvalue weighted by molar-refractivity contribution is 5.85. The molecule has 17 heavy (non-hydrogen) atoms. The molecule has 0 aromatic heterocycles. The molecule has 2 N–H and O–H groups in total. The summed E-state index contributed by atoms with van der Waals surface area (Å²) in [6.07, 6.45) is -4.48. The van der Waals surface area contributed by atoms with E-state index in [1.54, 1.807) is 6.92 Å². The van der Waals surface area contributed by atoms with Gasteiger partial charge in [0.1, 0.15) is 0 Å². The molecule has 0 aliphatic heterocycles. The summed E-state index contributed by atoms with van der Waals surface area (Å²) in [5.41, 5.74) is 5.57. The van der Waals surface area contributed by atoms with E-state index in [-0.39, 0.29) is 18.0 Å². The van der Waals surface area contributed by atoms with Gasteiger partial charge in [0.2, 0.25) is 0 Å². The Morgan fingerprint density at radius 2 is 1.94 bits per heavy atom. The van der Waals surface area contributed by atoms with Gasteiger partial charge in [0.25, 0.3) is 0 Å². The van der Waals surface area contributed by atoms with E-state index < -0.39 is 24.0 Å². The second-order valence-electron chi connectivity index (χ2n) is 3.22. The van der Waals surface area contributed by atoms with Gasteiger partial charge in [-0.1, -0.05) is 19.1 Å². The summed E-state index contributed by atoms with van der Waals surface area (Å²) in [4.78, 5) is 0. The van der Waals surface area contributed by atoms with E-state index in [1.807, 2.05) is 0 Å². The number of benzene rings is 1. The van der Waals surface area contributed by atoms with Crippen LogP contribution in [0.25, 0.3) is 0 Å². The molecule has 0 spiro atoms. The van der Waals surface area contributed by atoms with E-state index in [9.17, 15) is 17.6 Å². The van der Waals surface area contributed by atoms with Crippen molar-refractivity contribution >= 4 is 12.4 Å². The lowest BCUT2D eigenvalue weighted by Crippen LogP contribution is -2.19. The van der Waals surface area contributed by atoms with Gasteiger partial charge in [-0.15, -0.1) is 25.6 Å². The lowest BCUT2D eigenvalue weighted by molar-refractivity contribution is -0.275. The van der Waals surface area contributed by atoms with E-state index in [0.717, 1.165) is 6.07 Å². The molecular formula is C10H12ClF4NO. The van der Waals surface area contributed by atoms with Crippen molar-refractivity contribution in [2.24, 2.45) is 5.73 Å². The van der Waals surface area contributed by atoms with Crippen molar-refractivity contribution in [2.75, 3.05) is 0 Å². The van der Waals surface area contributed by atoms with Gasteiger partial charge in [0.05, 0.1) is 0 Å². The average molecular weight is 274 g/mol. The Labute approximate surface area is 102 Å². The van der Waals surface area contributed by atoms with Crippen LogP contribution < -0.4 is 10.5 Å². The Hall–Kier alpha value is -1.01. The van der Waals surface area contributed by atoms with Crippen molar-refractivity contribution in [3.05, 3.63) is 29.6 Å². The van der Waals surface area contributed by atoms with Crippen LogP contribution in [0, 0.1) is 5.82 Å². The van der Waals surface area contributed by atoms with Crippen LogP contribution in [0.3, 0.4) is 0 Å². The zero-order chi connectivity index (χ0) is 12.3. The zero-order valence-corrected chi connectivity index (χ0v) is 9.74. The molecule has 0 aliphatic rings. The standard InChI is InChI=1S/C10H11F4NO.ClH/c1-2-7(15)6-4-3-5-8(9(6)11)16-10(12,13)14;/h3-5,7H,2,15H2,1H3;1H. The van der Waals surface area contributed by atoms with Crippen molar-refractivity contribution in [1.29, 1.82) is 0 Å². The molecule has 1 rings (SSSR count). The molecule has 1 aromatic rings. The van der Waals surface area contributed by atoms with E-state index in [0.29, 0.717) is 6.42 Å². The van der Waals surface area contributed by atoms with Crippen molar-refractivity contribution in [1.82, 2.24) is 0 Å². The lowest BCUT2D eigenvalue weighted by Gasteiger charge is -2.14. The van der Waals surface area contributed by atoms with Crippen LogP contribution in [0.1, 0.15) is 24.9 Å². The third-order valence-electron chi connectivity index (χ3n) is 2.06. The summed E-state index contributed by atoms with van der Waals surface area (Å²) < 4.78 is 52.8. The molecule has 0 saturated heterocycles. The summed E-state index contributed by atoms with van der Waals surface area (Å²) in [7, 11) is 0. The molecule has 2 nitrogen and oxygen atoms in total. The molecule has 0 fully saturated rings. The highest BCUT2D eigenvalue weighted by Gasteiger charge is 2.33. The molecule has 98 valence electrons. The maximum Gasteiger partial charge on any atom is 0.573 e. The summed E-state index contributed by atoms with van der Waals surface area (Å²) in [6.45, 7) is 1.71. The molecule has 1 atom stereocenters. The van der Waals surface area contributed by atoms with Crippen LogP contribution >= 0.6 is 12.4 Å². The number of hydrogen-bond acceptors (Lipinski definition) is 2. The Morgan fingerprint density at radius 3 is 2.41 bits per heavy atom. The minimum absolute atomic E-state index is 0. The predicted octanol–water partition coefficient (Wildman–Crippen LogP) is 3.56. The lowest BCUT2D eigenvalue weighted by atomic mass is 10.0.